The molecule has 2 saturated carbocycles. The van der Waals surface area contributed by atoms with E-state index in [1.807, 2.05) is 30.3 Å². The molecule has 2 aromatic carbocycles. The van der Waals surface area contributed by atoms with Gasteiger partial charge in [-0.25, -0.2) is 4.39 Å². The number of carboxylic acid groups (broad SMARTS) is 2. The van der Waals surface area contributed by atoms with Crippen molar-refractivity contribution < 1.29 is 29.0 Å². The number of carbonyl (C=O) groups is 3. The van der Waals surface area contributed by atoms with Gasteiger partial charge in [0.2, 0.25) is 5.91 Å². The fraction of sp³-hybridized carbons (Fsp3) is 0.423. The number of hydrogen-bond donors (Lipinski definition) is 2. The zero-order valence-corrected chi connectivity index (χ0v) is 18.8. The molecule has 0 radical (unpaired) electrons. The minimum Gasteiger partial charge on any atom is -0.481 e. The fourth-order valence-corrected chi connectivity index (χ4v) is 6.26. The van der Waals surface area contributed by atoms with Crippen molar-refractivity contribution in [3.63, 3.8) is 0 Å². The molecule has 1 heterocycles. The van der Waals surface area contributed by atoms with E-state index in [0.29, 0.717) is 24.1 Å². The molecule has 2 N–H and O–H groups in total. The number of carboxylic acids is 1. The van der Waals surface area contributed by atoms with Crippen LogP contribution in [0.2, 0.25) is 0 Å². The number of fused-ring (bicyclic) bond motifs is 2. The first-order valence-electron chi connectivity index (χ1n) is 11.8. The van der Waals surface area contributed by atoms with Crippen LogP contribution in [0.25, 0.3) is 0 Å². The maximum atomic E-state index is 14.2. The second-order valence-corrected chi connectivity index (χ2v) is 9.72. The number of hydrogen-bond acceptors (Lipinski definition) is 3. The number of amides is 2. The molecule has 3 aliphatic rings. The first-order chi connectivity index (χ1) is 16.3. The Bertz CT molecular complexity index is 1150. The lowest BCUT2D eigenvalue weighted by atomic mass is 9.63. The van der Waals surface area contributed by atoms with Gasteiger partial charge in [0, 0.05) is 42.0 Å². The molecular weight excluding hydrogens is 439 g/mol. The zero-order chi connectivity index (χ0) is 24.1. The van der Waals surface area contributed by atoms with Crippen molar-refractivity contribution in [3.8, 4) is 0 Å². The molecule has 178 valence electrons. The summed E-state index contributed by atoms with van der Waals surface area (Å²) in [5, 5.41) is 20.1. The van der Waals surface area contributed by atoms with Gasteiger partial charge in [-0.2, -0.15) is 9.28 Å². The van der Waals surface area contributed by atoms with Crippen molar-refractivity contribution in [2.45, 2.75) is 63.2 Å². The predicted molar refractivity (Wildman–Crippen MR) is 122 cm³/mol. The van der Waals surface area contributed by atoms with Crippen LogP contribution in [0, 0.1) is 11.7 Å². The topological polar surface area (TPSA) is 94.9 Å². The maximum Gasteiger partial charge on any atom is 0.521 e. The molecule has 5 rings (SSSR count). The number of carbonyl (C=O) groups excluding carboxylic acids is 1. The lowest BCUT2D eigenvalue weighted by Gasteiger charge is -2.64. The highest BCUT2D eigenvalue weighted by atomic mass is 19.1. The highest BCUT2D eigenvalue weighted by molar-refractivity contribution is 5.88. The fourth-order valence-electron chi connectivity index (χ4n) is 6.26. The summed E-state index contributed by atoms with van der Waals surface area (Å²) in [6, 6.07) is 13.5. The third-order valence-corrected chi connectivity index (χ3v) is 7.83. The quantitative estimate of drug-likeness (QED) is 0.584. The lowest BCUT2D eigenvalue weighted by Crippen LogP contribution is -2.83. The summed E-state index contributed by atoms with van der Waals surface area (Å²) in [5.74, 6) is -1.93. The van der Waals surface area contributed by atoms with Gasteiger partial charge in [-0.1, -0.05) is 30.3 Å². The smallest absolute Gasteiger partial charge is 0.481 e. The molecule has 2 amide bonds. The molecule has 8 heteroatoms. The lowest BCUT2D eigenvalue weighted by molar-refractivity contribution is -0.178. The summed E-state index contributed by atoms with van der Waals surface area (Å²) in [7, 11) is 0. The van der Waals surface area contributed by atoms with Gasteiger partial charge in [0.25, 0.3) is 0 Å². The monoisotopic (exact) mass is 467 g/mol. The van der Waals surface area contributed by atoms with E-state index in [-0.39, 0.29) is 37.3 Å². The van der Waals surface area contributed by atoms with E-state index in [4.69, 9.17) is 0 Å². The van der Waals surface area contributed by atoms with Crippen LogP contribution in [-0.4, -0.2) is 44.8 Å². The Balaban J connectivity index is 1.72. The second kappa shape index (κ2) is 8.20. The Labute approximate surface area is 197 Å². The minimum absolute atomic E-state index is 0.0984. The van der Waals surface area contributed by atoms with E-state index in [2.05, 4.69) is 0 Å². The van der Waals surface area contributed by atoms with Crippen molar-refractivity contribution in [2.24, 2.45) is 5.92 Å². The highest BCUT2D eigenvalue weighted by Gasteiger charge is 2.74. The van der Waals surface area contributed by atoms with Gasteiger partial charge in [0.1, 0.15) is 18.0 Å². The van der Waals surface area contributed by atoms with E-state index in [9.17, 15) is 29.0 Å². The molecule has 2 fully saturated rings. The molecule has 3 atom stereocenters. The van der Waals surface area contributed by atoms with Crippen molar-refractivity contribution in [1.82, 2.24) is 9.38 Å². The van der Waals surface area contributed by atoms with Gasteiger partial charge in [0.05, 0.1) is 6.42 Å². The highest BCUT2D eigenvalue weighted by Crippen LogP contribution is 2.60. The standard InChI is InChI=1S/C26H27FN2O5/c27-20-6-9-22-18(15-20)14-19-12-13-26(19,28(21-7-8-21)23(30)10-11-24(31)32)29(22,25(33)34)16-17-4-2-1-3-5-17/h1-6,9,15,19,21H,7-8,10-14,16H2,(H-,31,32,33,34)/p+1/t19-,26-,29+/m1/s1. The Kier molecular flexibility index (Phi) is 5.43. The number of aliphatic carboxylic acids is 1. The van der Waals surface area contributed by atoms with E-state index in [1.54, 1.807) is 11.0 Å². The number of nitrogens with zero attached hydrogens (tertiary/aromatic N) is 2. The molecule has 0 unspecified atom stereocenters. The Morgan fingerprint density at radius 2 is 1.76 bits per heavy atom. The van der Waals surface area contributed by atoms with Crippen LogP contribution >= 0.6 is 0 Å². The van der Waals surface area contributed by atoms with Crippen LogP contribution < -0.4 is 4.48 Å². The van der Waals surface area contributed by atoms with Crippen LogP contribution in [0.15, 0.2) is 48.5 Å². The van der Waals surface area contributed by atoms with Crippen molar-refractivity contribution >= 4 is 23.7 Å². The third-order valence-electron chi connectivity index (χ3n) is 7.83. The van der Waals surface area contributed by atoms with E-state index in [1.165, 1.54) is 12.1 Å². The van der Waals surface area contributed by atoms with Gasteiger partial charge in [-0.3, -0.25) is 14.5 Å². The molecule has 0 saturated heterocycles. The molecule has 34 heavy (non-hydrogen) atoms. The molecular formula is C26H28FN2O5+. The van der Waals surface area contributed by atoms with Crippen LogP contribution in [0.1, 0.15) is 49.7 Å². The summed E-state index contributed by atoms with van der Waals surface area (Å²) in [4.78, 5) is 39.9. The van der Waals surface area contributed by atoms with Crippen LogP contribution in [-0.2, 0) is 22.6 Å². The minimum atomic E-state index is -1.09. The Hall–Kier alpha value is -3.26. The molecule has 7 nitrogen and oxygen atoms in total. The van der Waals surface area contributed by atoms with E-state index in [0.717, 1.165) is 24.8 Å². The summed E-state index contributed by atoms with van der Waals surface area (Å²) < 4.78 is 13.7. The van der Waals surface area contributed by atoms with E-state index < -0.39 is 28.0 Å². The number of quaternary nitrogens is 1. The molecule has 2 aliphatic carbocycles. The summed E-state index contributed by atoms with van der Waals surface area (Å²) >= 11 is 0. The maximum absolute atomic E-state index is 14.2. The average Bonchev–Trinajstić information content (AvgIpc) is 3.62. The first-order valence-corrected chi connectivity index (χ1v) is 11.8. The summed E-state index contributed by atoms with van der Waals surface area (Å²) in [6.07, 6.45) is 1.72. The summed E-state index contributed by atoms with van der Waals surface area (Å²) in [6.45, 7) is 0.112. The summed E-state index contributed by atoms with van der Waals surface area (Å²) in [5.41, 5.74) is 0.932. The SMILES string of the molecule is O=C(O)CCC(=O)N(C1CC1)[C@@]12CC[C@@H]1Cc1cc(F)ccc1[N@@+]2(Cc1ccccc1)C(=O)O. The molecule has 2 aromatic rings. The number of rotatable bonds is 7. The molecule has 1 aliphatic heterocycles. The normalized spacial score (nSPS) is 27.1. The van der Waals surface area contributed by atoms with Gasteiger partial charge >= 0.3 is 12.1 Å². The number of halogens is 1. The van der Waals surface area contributed by atoms with Crippen LogP contribution in [0.4, 0.5) is 14.9 Å². The van der Waals surface area contributed by atoms with E-state index >= 15 is 0 Å². The van der Waals surface area contributed by atoms with Gasteiger partial charge in [0.15, 0.2) is 5.66 Å². The molecule has 0 spiro atoms. The zero-order valence-electron chi connectivity index (χ0n) is 18.8. The largest absolute Gasteiger partial charge is 0.521 e. The first kappa shape index (κ1) is 22.5. The van der Waals surface area contributed by atoms with Crippen molar-refractivity contribution in [3.05, 3.63) is 65.5 Å². The van der Waals surface area contributed by atoms with Gasteiger partial charge in [-0.05, 0) is 37.8 Å². The Morgan fingerprint density at radius 3 is 2.35 bits per heavy atom. The Morgan fingerprint density at radius 1 is 1.03 bits per heavy atom. The molecule has 0 bridgehead atoms. The van der Waals surface area contributed by atoms with Gasteiger partial charge in [-0.15, -0.1) is 0 Å². The average molecular weight is 468 g/mol. The van der Waals surface area contributed by atoms with Gasteiger partial charge < -0.3 is 10.2 Å². The molecule has 0 aromatic heterocycles. The second-order valence-electron chi connectivity index (χ2n) is 9.72. The van der Waals surface area contributed by atoms with Crippen molar-refractivity contribution in [1.29, 1.82) is 0 Å². The number of benzene rings is 2. The van der Waals surface area contributed by atoms with Crippen LogP contribution in [0.3, 0.4) is 0 Å². The van der Waals surface area contributed by atoms with Crippen LogP contribution in [0.5, 0.6) is 0 Å². The van der Waals surface area contributed by atoms with Crippen molar-refractivity contribution in [2.75, 3.05) is 0 Å². The third kappa shape index (κ3) is 3.31. The predicted octanol–water partition coefficient (Wildman–Crippen LogP) is 4.53.